The largest absolute Gasteiger partial charge is 0.358 e. The number of ketones is 1. The van der Waals surface area contributed by atoms with Gasteiger partial charge in [-0.25, -0.2) is 0 Å². The van der Waals surface area contributed by atoms with Gasteiger partial charge in [0.25, 0.3) is 0 Å². The molecule has 0 amide bonds. The lowest BCUT2D eigenvalue weighted by Crippen LogP contribution is -2.41. The number of carbonyl (C=O) groups is 1. The molecule has 0 aromatic heterocycles. The fourth-order valence-corrected chi connectivity index (χ4v) is 6.47. The van der Waals surface area contributed by atoms with Crippen LogP contribution < -0.4 is 0 Å². The third-order valence-corrected chi connectivity index (χ3v) is 9.48. The number of rotatable bonds is 10. The molecule has 1 saturated carbocycles. The van der Waals surface area contributed by atoms with Gasteiger partial charge in [-0.1, -0.05) is 129 Å². The van der Waals surface area contributed by atoms with E-state index < -0.39 is 0 Å². The van der Waals surface area contributed by atoms with Crippen molar-refractivity contribution in [3.05, 3.63) is 119 Å². The van der Waals surface area contributed by atoms with Crippen molar-refractivity contribution in [2.45, 2.75) is 113 Å². The van der Waals surface area contributed by atoms with Crippen LogP contribution in [0.5, 0.6) is 0 Å². The zero-order valence-electron chi connectivity index (χ0n) is 27.9. The smallest absolute Gasteiger partial charge is 0.158 e. The van der Waals surface area contributed by atoms with Crippen molar-refractivity contribution in [2.75, 3.05) is 0 Å². The fraction of sp³-hybridized carbons (Fsp3) is 0.475. The van der Waals surface area contributed by atoms with E-state index in [1.807, 2.05) is 6.92 Å². The molecular formula is C40H54O2. The lowest BCUT2D eigenvalue weighted by Gasteiger charge is -2.36. The van der Waals surface area contributed by atoms with Gasteiger partial charge in [0.15, 0.2) is 5.78 Å². The summed E-state index contributed by atoms with van der Waals surface area (Å²) in [5.74, 6) is 0.278. The van der Waals surface area contributed by atoms with Crippen LogP contribution in [0.4, 0.5) is 0 Å². The van der Waals surface area contributed by atoms with E-state index in [4.69, 9.17) is 4.74 Å². The summed E-state index contributed by atoms with van der Waals surface area (Å²) in [6, 6.07) is 0. The molecule has 3 rings (SSSR count). The maximum atomic E-state index is 12.2. The normalized spacial score (nSPS) is 29.2. The highest BCUT2D eigenvalue weighted by molar-refractivity contribution is 5.97. The average molecular weight is 567 g/mol. The first kappa shape index (κ1) is 33.5. The Bertz CT molecular complexity index is 1340. The molecule has 2 atom stereocenters. The first-order valence-corrected chi connectivity index (χ1v) is 15.7. The molecule has 0 N–H and O–H groups in total. The van der Waals surface area contributed by atoms with Crippen LogP contribution in [0.3, 0.4) is 0 Å². The van der Waals surface area contributed by atoms with Gasteiger partial charge in [0.2, 0.25) is 0 Å². The van der Waals surface area contributed by atoms with Crippen molar-refractivity contribution in [3.63, 3.8) is 0 Å². The summed E-state index contributed by atoms with van der Waals surface area (Å²) >= 11 is 0. The second kappa shape index (κ2) is 13.6. The molecule has 2 aliphatic carbocycles. The van der Waals surface area contributed by atoms with Gasteiger partial charge in [0.1, 0.15) is 5.60 Å². The van der Waals surface area contributed by atoms with E-state index in [2.05, 4.69) is 147 Å². The van der Waals surface area contributed by atoms with Gasteiger partial charge in [-0.15, -0.1) is 0 Å². The molecule has 3 aliphatic rings. The highest BCUT2D eigenvalue weighted by atomic mass is 16.6. The number of fused-ring (bicyclic) bond motifs is 1. The van der Waals surface area contributed by atoms with Crippen LogP contribution >= 0.6 is 0 Å². The van der Waals surface area contributed by atoms with Gasteiger partial charge >= 0.3 is 0 Å². The van der Waals surface area contributed by atoms with Crippen LogP contribution in [0.15, 0.2) is 119 Å². The van der Waals surface area contributed by atoms with Crippen molar-refractivity contribution < 1.29 is 9.53 Å². The standard InChI is InChI=1S/C40H54O2/c1-30(18-13-20-32(3)22-23-35-34(5)36(41)25-28-37(35,6)7)16-11-12-17-31(2)19-14-21-33(4)24-29-40-38(8,9)26-15-27-39(40,10)42-40/h11-14,16-24,29H,15,25-28H2,1-10H3/b12-11+,18-13+,19-14+,23-22+,29-24+,30-16+,31-17+,32-20+,33-21+/t39-,40+/m1/s1. The minimum Gasteiger partial charge on any atom is -0.358 e. The third kappa shape index (κ3) is 8.10. The number of allylic oxidation sites excluding steroid dienone is 19. The Labute approximate surface area is 256 Å². The summed E-state index contributed by atoms with van der Waals surface area (Å²) in [5, 5.41) is 0. The van der Waals surface area contributed by atoms with Gasteiger partial charge in [-0.3, -0.25) is 4.79 Å². The summed E-state index contributed by atoms with van der Waals surface area (Å²) in [7, 11) is 0. The number of hydrogen-bond donors (Lipinski definition) is 0. The zero-order valence-corrected chi connectivity index (χ0v) is 27.9. The third-order valence-electron chi connectivity index (χ3n) is 9.48. The van der Waals surface area contributed by atoms with Crippen LogP contribution in [0.25, 0.3) is 0 Å². The van der Waals surface area contributed by atoms with E-state index in [0.29, 0.717) is 6.42 Å². The van der Waals surface area contributed by atoms with E-state index in [9.17, 15) is 4.79 Å². The second-order valence-electron chi connectivity index (χ2n) is 14.1. The molecule has 1 heterocycles. The number of carbonyl (C=O) groups excluding carboxylic acids is 1. The molecule has 0 aromatic rings. The van der Waals surface area contributed by atoms with Crippen LogP contribution in [0.2, 0.25) is 0 Å². The van der Waals surface area contributed by atoms with Crippen LogP contribution in [0, 0.1) is 10.8 Å². The van der Waals surface area contributed by atoms with Crippen molar-refractivity contribution >= 4 is 5.78 Å². The van der Waals surface area contributed by atoms with Crippen LogP contribution in [-0.4, -0.2) is 17.0 Å². The van der Waals surface area contributed by atoms with E-state index >= 15 is 0 Å². The van der Waals surface area contributed by atoms with Crippen LogP contribution in [-0.2, 0) is 9.53 Å². The second-order valence-corrected chi connectivity index (χ2v) is 14.1. The summed E-state index contributed by atoms with van der Waals surface area (Å²) in [6.07, 6.45) is 35.1. The highest BCUT2D eigenvalue weighted by Gasteiger charge is 2.73. The zero-order chi connectivity index (χ0) is 31.2. The fourth-order valence-electron chi connectivity index (χ4n) is 6.47. The molecule has 0 unspecified atom stereocenters. The number of ether oxygens (including phenoxy) is 1. The lowest BCUT2D eigenvalue weighted by atomic mass is 9.64. The van der Waals surface area contributed by atoms with Crippen LogP contribution in [0.1, 0.15) is 101 Å². The Morgan fingerprint density at radius 2 is 1.21 bits per heavy atom. The van der Waals surface area contributed by atoms with Crippen molar-refractivity contribution in [3.8, 4) is 0 Å². The number of Topliss-reactive ketones (excluding diaryl/α,β-unsaturated/α-hetero) is 1. The van der Waals surface area contributed by atoms with Crippen molar-refractivity contribution in [1.82, 2.24) is 0 Å². The Kier molecular flexibility index (Phi) is 10.8. The van der Waals surface area contributed by atoms with Gasteiger partial charge in [0, 0.05) is 11.8 Å². The molecule has 0 bridgehead atoms. The minimum atomic E-state index is -0.115. The molecule has 0 spiro atoms. The molecule has 1 aliphatic heterocycles. The summed E-state index contributed by atoms with van der Waals surface area (Å²) in [4.78, 5) is 12.2. The van der Waals surface area contributed by atoms with Gasteiger partial charge in [-0.2, -0.15) is 0 Å². The van der Waals surface area contributed by atoms with E-state index in [1.165, 1.54) is 29.6 Å². The predicted molar refractivity (Wildman–Crippen MR) is 181 cm³/mol. The lowest BCUT2D eigenvalue weighted by molar-refractivity contribution is -0.116. The Morgan fingerprint density at radius 3 is 1.79 bits per heavy atom. The highest BCUT2D eigenvalue weighted by Crippen LogP contribution is 2.66. The topological polar surface area (TPSA) is 29.6 Å². The van der Waals surface area contributed by atoms with Gasteiger partial charge in [0.05, 0.1) is 5.60 Å². The summed E-state index contributed by atoms with van der Waals surface area (Å²) < 4.78 is 6.33. The predicted octanol–water partition coefficient (Wildman–Crippen LogP) is 11.0. The summed E-state index contributed by atoms with van der Waals surface area (Å²) in [5.41, 5.74) is 6.97. The first-order chi connectivity index (χ1) is 19.6. The van der Waals surface area contributed by atoms with Crippen molar-refractivity contribution in [1.29, 1.82) is 0 Å². The molecule has 1 saturated heterocycles. The van der Waals surface area contributed by atoms with E-state index in [1.54, 1.807) is 0 Å². The summed E-state index contributed by atoms with van der Waals surface area (Å²) in [6.45, 7) is 21.8. The molecular weight excluding hydrogens is 512 g/mol. The molecule has 0 aromatic carbocycles. The molecule has 42 heavy (non-hydrogen) atoms. The SMILES string of the molecule is CC1=C(/C=C/C(C)=C/C=C/C(C)=C/C=C/C=C(C)/C=C/C=C(C)/C=C/[C@@]23O[C@]2(C)CCCC3(C)C)C(C)(C)CCC1=O. The van der Waals surface area contributed by atoms with Gasteiger partial charge < -0.3 is 4.74 Å². The van der Waals surface area contributed by atoms with E-state index in [-0.39, 0.29) is 27.8 Å². The quantitative estimate of drug-likeness (QED) is 0.194. The van der Waals surface area contributed by atoms with E-state index in [0.717, 1.165) is 29.6 Å². The van der Waals surface area contributed by atoms with Gasteiger partial charge in [-0.05, 0) is 89.9 Å². The monoisotopic (exact) mass is 566 g/mol. The molecule has 2 fully saturated rings. The number of epoxide rings is 1. The Morgan fingerprint density at radius 1 is 0.690 bits per heavy atom. The maximum Gasteiger partial charge on any atom is 0.158 e. The number of hydrogen-bond acceptors (Lipinski definition) is 2. The Balaban J connectivity index is 1.50. The molecule has 2 heteroatoms. The maximum absolute atomic E-state index is 12.2. The average Bonchev–Trinajstić information content (AvgIpc) is 3.55. The Hall–Kier alpha value is -2.97. The molecule has 2 nitrogen and oxygen atoms in total. The first-order valence-electron chi connectivity index (χ1n) is 15.7. The molecule has 0 radical (unpaired) electrons. The van der Waals surface area contributed by atoms with Crippen molar-refractivity contribution in [2.24, 2.45) is 10.8 Å². The minimum absolute atomic E-state index is 0.00942. The molecule has 226 valence electrons.